The Labute approximate surface area is 104 Å². The summed E-state index contributed by atoms with van der Waals surface area (Å²) in [6.45, 7) is 1.61. The quantitative estimate of drug-likeness (QED) is 0.686. The summed E-state index contributed by atoms with van der Waals surface area (Å²) in [5.74, 6) is -0.920. The van der Waals surface area contributed by atoms with Crippen LogP contribution in [0.5, 0.6) is 0 Å². The van der Waals surface area contributed by atoms with Gasteiger partial charge in [-0.2, -0.15) is 0 Å². The first kappa shape index (κ1) is 13.8. The lowest BCUT2D eigenvalue weighted by molar-refractivity contribution is 0.0514. The van der Waals surface area contributed by atoms with Crippen molar-refractivity contribution in [1.82, 2.24) is 4.98 Å². The Bertz CT molecular complexity index is 473. The smallest absolute Gasteiger partial charge is 0.338 e. The van der Waals surface area contributed by atoms with E-state index in [1.165, 1.54) is 6.07 Å². The highest BCUT2D eigenvalue weighted by Crippen LogP contribution is 2.21. The van der Waals surface area contributed by atoms with Crippen molar-refractivity contribution in [3.8, 4) is 0 Å². The molecule has 0 aliphatic carbocycles. The molecular formula is C10H10BrF2NO3. The average Bonchev–Trinajstić information content (AvgIpc) is 2.27. The molecule has 0 aliphatic rings. The Morgan fingerprint density at radius 2 is 2.24 bits per heavy atom. The van der Waals surface area contributed by atoms with Gasteiger partial charge in [0, 0.05) is 11.0 Å². The molecular weight excluding hydrogens is 300 g/mol. The van der Waals surface area contributed by atoms with Crippen LogP contribution in [-0.4, -0.2) is 17.6 Å². The Morgan fingerprint density at radius 3 is 2.71 bits per heavy atom. The number of esters is 1. The zero-order valence-electron chi connectivity index (χ0n) is 8.93. The van der Waals surface area contributed by atoms with E-state index in [1.807, 2.05) is 0 Å². The van der Waals surface area contributed by atoms with Gasteiger partial charge in [-0.1, -0.05) is 15.9 Å². The van der Waals surface area contributed by atoms with E-state index >= 15 is 0 Å². The van der Waals surface area contributed by atoms with Crippen molar-refractivity contribution in [3.05, 3.63) is 33.2 Å². The van der Waals surface area contributed by atoms with Gasteiger partial charge in [0.2, 0.25) is 0 Å². The highest BCUT2D eigenvalue weighted by atomic mass is 79.9. The van der Waals surface area contributed by atoms with Crippen molar-refractivity contribution in [1.29, 1.82) is 0 Å². The number of aromatic nitrogens is 1. The Kier molecular flexibility index (Phi) is 4.80. The summed E-state index contributed by atoms with van der Waals surface area (Å²) < 4.78 is 30.0. The molecule has 0 radical (unpaired) electrons. The fourth-order valence-electron chi connectivity index (χ4n) is 1.29. The number of halogens is 3. The number of ether oxygens (including phenoxy) is 1. The lowest BCUT2D eigenvalue weighted by Crippen LogP contribution is -2.21. The predicted molar refractivity (Wildman–Crippen MR) is 60.6 cm³/mol. The summed E-state index contributed by atoms with van der Waals surface area (Å²) in [5.41, 5.74) is -1.88. The number of rotatable bonds is 4. The molecule has 7 heteroatoms. The topological polar surface area (TPSA) is 59.2 Å². The molecule has 1 N–H and O–H groups in total. The summed E-state index contributed by atoms with van der Waals surface area (Å²) in [4.78, 5) is 25.1. The van der Waals surface area contributed by atoms with Gasteiger partial charge in [0.15, 0.2) is 0 Å². The van der Waals surface area contributed by atoms with Crippen molar-refractivity contribution in [2.75, 3.05) is 6.61 Å². The molecule has 0 bridgehead atoms. The Balaban J connectivity index is 3.37. The minimum absolute atomic E-state index is 0.0535. The van der Waals surface area contributed by atoms with Gasteiger partial charge in [0.25, 0.3) is 12.0 Å². The summed E-state index contributed by atoms with van der Waals surface area (Å²) in [6, 6.07) is 1.19. The fourth-order valence-corrected chi connectivity index (χ4v) is 1.59. The molecule has 0 atom stereocenters. The Morgan fingerprint density at radius 1 is 1.59 bits per heavy atom. The number of pyridine rings is 1. The molecule has 1 aromatic rings. The van der Waals surface area contributed by atoms with E-state index in [4.69, 9.17) is 0 Å². The number of carbonyl (C=O) groups excluding carboxylic acids is 1. The van der Waals surface area contributed by atoms with Gasteiger partial charge in [0.1, 0.15) is 0 Å². The largest absolute Gasteiger partial charge is 0.462 e. The maximum atomic E-state index is 12.7. The van der Waals surface area contributed by atoms with Gasteiger partial charge in [-0.15, -0.1) is 0 Å². The van der Waals surface area contributed by atoms with Gasteiger partial charge in [-0.3, -0.25) is 4.79 Å². The number of H-pyrrole nitrogens is 1. The lowest BCUT2D eigenvalue weighted by Gasteiger charge is -2.08. The van der Waals surface area contributed by atoms with E-state index in [1.54, 1.807) is 6.92 Å². The minimum atomic E-state index is -3.03. The molecule has 0 amide bonds. The van der Waals surface area contributed by atoms with E-state index in [-0.39, 0.29) is 17.5 Å². The molecule has 94 valence electrons. The molecule has 0 saturated carbocycles. The van der Waals surface area contributed by atoms with Crippen molar-refractivity contribution in [2.24, 2.45) is 0 Å². The highest BCUT2D eigenvalue weighted by Gasteiger charge is 2.23. The van der Waals surface area contributed by atoms with Crippen LogP contribution in [0.15, 0.2) is 10.9 Å². The summed E-state index contributed by atoms with van der Waals surface area (Å²) in [7, 11) is 0. The van der Waals surface area contributed by atoms with Crippen LogP contribution >= 0.6 is 15.9 Å². The molecule has 0 fully saturated rings. The van der Waals surface area contributed by atoms with E-state index in [0.717, 1.165) is 0 Å². The third-order valence-electron chi connectivity index (χ3n) is 1.98. The van der Waals surface area contributed by atoms with Gasteiger partial charge in [-0.25, -0.2) is 13.6 Å². The van der Waals surface area contributed by atoms with Gasteiger partial charge >= 0.3 is 5.97 Å². The zero-order chi connectivity index (χ0) is 13.0. The lowest BCUT2D eigenvalue weighted by atomic mass is 10.1. The van der Waals surface area contributed by atoms with Crippen molar-refractivity contribution < 1.29 is 18.3 Å². The number of hydrogen-bond donors (Lipinski definition) is 1. The molecule has 4 nitrogen and oxygen atoms in total. The van der Waals surface area contributed by atoms with Crippen LogP contribution in [0.3, 0.4) is 0 Å². The molecule has 0 aromatic carbocycles. The molecule has 1 heterocycles. The van der Waals surface area contributed by atoms with Crippen LogP contribution in [0.1, 0.15) is 35.0 Å². The van der Waals surface area contributed by atoms with Crippen molar-refractivity contribution >= 4 is 21.9 Å². The number of aromatic amines is 1. The van der Waals surface area contributed by atoms with E-state index in [9.17, 15) is 18.4 Å². The zero-order valence-corrected chi connectivity index (χ0v) is 10.5. The van der Waals surface area contributed by atoms with Crippen molar-refractivity contribution in [2.45, 2.75) is 18.7 Å². The maximum Gasteiger partial charge on any atom is 0.338 e. The first-order valence-corrected chi connectivity index (χ1v) is 5.90. The number of alkyl halides is 3. The molecule has 17 heavy (non-hydrogen) atoms. The predicted octanol–water partition coefficient (Wildman–Crippen LogP) is 2.38. The second-order valence-electron chi connectivity index (χ2n) is 3.11. The standard InChI is InChI=1S/C10H10BrF2NO3/c1-2-17-10(16)6-3-5(4-11)14-9(15)7(6)8(12)13/h3,8H,2,4H2,1H3,(H,14,15). The fraction of sp³-hybridized carbons (Fsp3) is 0.400. The summed E-state index contributed by atoms with van der Waals surface area (Å²) in [6.07, 6.45) is -3.03. The highest BCUT2D eigenvalue weighted by molar-refractivity contribution is 9.08. The number of nitrogens with one attached hydrogen (secondary N) is 1. The van der Waals surface area contributed by atoms with E-state index in [2.05, 4.69) is 25.7 Å². The van der Waals surface area contributed by atoms with Gasteiger partial charge in [0.05, 0.1) is 17.7 Å². The first-order chi connectivity index (χ1) is 8.01. The molecule has 0 spiro atoms. The molecule has 1 rings (SSSR count). The average molecular weight is 310 g/mol. The van der Waals surface area contributed by atoms with Gasteiger partial charge in [-0.05, 0) is 13.0 Å². The Hall–Kier alpha value is -1.24. The van der Waals surface area contributed by atoms with Crippen LogP contribution in [0.25, 0.3) is 0 Å². The third kappa shape index (κ3) is 3.12. The second-order valence-corrected chi connectivity index (χ2v) is 3.67. The molecule has 0 aliphatic heterocycles. The number of hydrogen-bond acceptors (Lipinski definition) is 3. The minimum Gasteiger partial charge on any atom is -0.462 e. The van der Waals surface area contributed by atoms with Crippen molar-refractivity contribution in [3.63, 3.8) is 0 Å². The first-order valence-electron chi connectivity index (χ1n) is 4.78. The second kappa shape index (κ2) is 5.90. The normalized spacial score (nSPS) is 10.6. The monoisotopic (exact) mass is 309 g/mol. The van der Waals surface area contributed by atoms with Crippen LogP contribution in [0.4, 0.5) is 8.78 Å². The molecule has 1 aromatic heterocycles. The SMILES string of the molecule is CCOC(=O)c1cc(CBr)[nH]c(=O)c1C(F)F. The maximum absolute atomic E-state index is 12.7. The van der Waals surface area contributed by atoms with E-state index in [0.29, 0.717) is 5.69 Å². The number of carbonyl (C=O) groups is 1. The van der Waals surface area contributed by atoms with Crippen LogP contribution in [0.2, 0.25) is 0 Å². The van der Waals surface area contributed by atoms with Crippen LogP contribution < -0.4 is 5.56 Å². The molecule has 0 saturated heterocycles. The van der Waals surface area contributed by atoms with Gasteiger partial charge < -0.3 is 9.72 Å². The van der Waals surface area contributed by atoms with Crippen LogP contribution in [-0.2, 0) is 10.1 Å². The summed E-state index contributed by atoms with van der Waals surface area (Å²) in [5, 5.41) is 0.248. The van der Waals surface area contributed by atoms with Crippen LogP contribution in [0, 0.1) is 0 Å². The third-order valence-corrected chi connectivity index (χ3v) is 2.59. The van der Waals surface area contributed by atoms with E-state index < -0.39 is 23.5 Å². The summed E-state index contributed by atoms with van der Waals surface area (Å²) >= 11 is 3.07. The molecule has 0 unspecified atom stereocenters.